The van der Waals surface area contributed by atoms with Crippen LogP contribution in [-0.4, -0.2) is 0 Å². The summed E-state index contributed by atoms with van der Waals surface area (Å²) in [5.74, 6) is -7.42. The third-order valence-electron chi connectivity index (χ3n) is 3.01. The Bertz CT molecular complexity index is 664. The monoisotopic (exact) mass is 302 g/mol. The van der Waals surface area contributed by atoms with Gasteiger partial charge >= 0.3 is 0 Å². The fraction of sp³-hybridized carbons (Fsp3) is 0.200. The van der Waals surface area contributed by atoms with Crippen LogP contribution in [-0.2, 0) is 0 Å². The number of para-hydroxylation sites is 1. The van der Waals surface area contributed by atoms with Crippen LogP contribution in [0.25, 0.3) is 0 Å². The molecular weight excluding hydrogens is 291 g/mol. The summed E-state index contributed by atoms with van der Waals surface area (Å²) < 4.78 is 71.4. The van der Waals surface area contributed by atoms with Crippen LogP contribution in [0.2, 0.25) is 0 Å². The SMILES string of the molecule is Cc1cccc(C)c1OC(F)c1cc(F)c(F)c(F)c1F. The first-order valence-corrected chi connectivity index (χ1v) is 6.02. The van der Waals surface area contributed by atoms with Crippen molar-refractivity contribution in [2.45, 2.75) is 20.2 Å². The second kappa shape index (κ2) is 5.71. The second-order valence-corrected chi connectivity index (χ2v) is 4.54. The number of ether oxygens (including phenoxy) is 1. The van der Waals surface area contributed by atoms with Crippen molar-refractivity contribution < 1.29 is 26.7 Å². The molecule has 1 unspecified atom stereocenters. The van der Waals surface area contributed by atoms with Gasteiger partial charge in [0.2, 0.25) is 0 Å². The van der Waals surface area contributed by atoms with Gasteiger partial charge in [-0.2, -0.15) is 4.39 Å². The molecule has 2 rings (SSSR count). The molecule has 0 fully saturated rings. The van der Waals surface area contributed by atoms with Gasteiger partial charge in [0.15, 0.2) is 23.3 Å². The highest BCUT2D eigenvalue weighted by Crippen LogP contribution is 2.32. The molecule has 0 radical (unpaired) electrons. The normalized spacial score (nSPS) is 12.3. The van der Waals surface area contributed by atoms with E-state index in [9.17, 15) is 22.0 Å². The zero-order chi connectivity index (χ0) is 15.7. The summed E-state index contributed by atoms with van der Waals surface area (Å²) in [5, 5.41) is 0. The molecule has 0 aromatic heterocycles. The summed E-state index contributed by atoms with van der Waals surface area (Å²) >= 11 is 0. The Kier molecular flexibility index (Phi) is 4.16. The summed E-state index contributed by atoms with van der Waals surface area (Å²) in [6, 6.07) is 5.23. The topological polar surface area (TPSA) is 9.23 Å². The number of aryl methyl sites for hydroxylation is 2. The van der Waals surface area contributed by atoms with E-state index in [1.54, 1.807) is 32.0 Å². The molecule has 21 heavy (non-hydrogen) atoms. The van der Waals surface area contributed by atoms with E-state index in [4.69, 9.17) is 4.74 Å². The molecule has 112 valence electrons. The molecule has 1 nitrogen and oxygen atoms in total. The van der Waals surface area contributed by atoms with Crippen LogP contribution in [0.15, 0.2) is 24.3 Å². The average molecular weight is 302 g/mol. The molecular formula is C15H11F5O. The molecule has 1 atom stereocenters. The molecule has 6 heteroatoms. The first-order chi connectivity index (χ1) is 9.82. The second-order valence-electron chi connectivity index (χ2n) is 4.54. The van der Waals surface area contributed by atoms with Crippen molar-refractivity contribution in [2.24, 2.45) is 0 Å². The lowest BCUT2D eigenvalue weighted by atomic mass is 10.1. The van der Waals surface area contributed by atoms with E-state index in [0.29, 0.717) is 11.1 Å². The van der Waals surface area contributed by atoms with E-state index in [-0.39, 0.29) is 11.8 Å². The van der Waals surface area contributed by atoms with Crippen molar-refractivity contribution in [3.8, 4) is 5.75 Å². The number of hydrogen-bond acceptors (Lipinski definition) is 1. The van der Waals surface area contributed by atoms with E-state index >= 15 is 0 Å². The maximum atomic E-state index is 14.0. The van der Waals surface area contributed by atoms with Gasteiger partial charge in [0.25, 0.3) is 6.36 Å². The minimum absolute atomic E-state index is 0.134. The van der Waals surface area contributed by atoms with Crippen LogP contribution in [0, 0.1) is 37.1 Å². The minimum atomic E-state index is -2.46. The van der Waals surface area contributed by atoms with Crippen LogP contribution in [0.4, 0.5) is 22.0 Å². The lowest BCUT2D eigenvalue weighted by Crippen LogP contribution is -2.10. The number of halogens is 5. The molecule has 0 saturated heterocycles. The van der Waals surface area contributed by atoms with Crippen molar-refractivity contribution in [2.75, 3.05) is 0 Å². The van der Waals surface area contributed by atoms with Crippen molar-refractivity contribution in [3.63, 3.8) is 0 Å². The first-order valence-electron chi connectivity index (χ1n) is 6.02. The van der Waals surface area contributed by atoms with Gasteiger partial charge in [0.05, 0.1) is 5.56 Å². The number of hydrogen-bond donors (Lipinski definition) is 0. The van der Waals surface area contributed by atoms with Gasteiger partial charge in [-0.05, 0) is 31.0 Å². The van der Waals surface area contributed by atoms with E-state index in [2.05, 4.69) is 0 Å². The standard InChI is InChI=1S/C15H11F5O/c1-7-4-3-5-8(2)14(7)21-15(20)9-6-10(16)12(18)13(19)11(9)17/h3-6,15H,1-2H3. The summed E-state index contributed by atoms with van der Waals surface area (Å²) in [6.07, 6.45) is -2.46. The Hall–Kier alpha value is -2.11. The van der Waals surface area contributed by atoms with Gasteiger partial charge in [0.1, 0.15) is 5.75 Å². The Labute approximate surface area is 118 Å². The molecule has 0 N–H and O–H groups in total. The predicted molar refractivity (Wildman–Crippen MR) is 66.7 cm³/mol. The van der Waals surface area contributed by atoms with Crippen molar-refractivity contribution in [1.82, 2.24) is 0 Å². The summed E-state index contributed by atoms with van der Waals surface area (Å²) in [4.78, 5) is 0. The molecule has 0 amide bonds. The van der Waals surface area contributed by atoms with Gasteiger partial charge in [-0.3, -0.25) is 0 Å². The third-order valence-corrected chi connectivity index (χ3v) is 3.01. The number of rotatable bonds is 3. The molecule has 0 heterocycles. The number of alkyl halides is 1. The Morgan fingerprint density at radius 2 is 1.48 bits per heavy atom. The van der Waals surface area contributed by atoms with Crippen LogP contribution >= 0.6 is 0 Å². The maximum Gasteiger partial charge on any atom is 0.267 e. The first kappa shape index (κ1) is 15.3. The average Bonchev–Trinajstić information content (AvgIpc) is 2.44. The molecule has 2 aromatic carbocycles. The van der Waals surface area contributed by atoms with Crippen LogP contribution in [0.1, 0.15) is 23.0 Å². The maximum absolute atomic E-state index is 14.0. The van der Waals surface area contributed by atoms with Gasteiger partial charge in [0, 0.05) is 0 Å². The fourth-order valence-corrected chi connectivity index (χ4v) is 1.91. The fourth-order valence-electron chi connectivity index (χ4n) is 1.91. The highest BCUT2D eigenvalue weighted by Gasteiger charge is 2.26. The van der Waals surface area contributed by atoms with Crippen molar-refractivity contribution >= 4 is 0 Å². The minimum Gasteiger partial charge on any atom is -0.455 e. The largest absolute Gasteiger partial charge is 0.455 e. The molecule has 0 saturated carbocycles. The van der Waals surface area contributed by atoms with Crippen LogP contribution in [0.3, 0.4) is 0 Å². The highest BCUT2D eigenvalue weighted by molar-refractivity contribution is 5.40. The molecule has 0 aliphatic heterocycles. The molecule has 2 aromatic rings. The van der Waals surface area contributed by atoms with Gasteiger partial charge in [-0.1, -0.05) is 18.2 Å². The van der Waals surface area contributed by atoms with E-state index in [1.165, 1.54) is 0 Å². The van der Waals surface area contributed by atoms with Crippen molar-refractivity contribution in [1.29, 1.82) is 0 Å². The zero-order valence-electron chi connectivity index (χ0n) is 11.2. The molecule has 0 aliphatic rings. The molecule has 0 spiro atoms. The third kappa shape index (κ3) is 2.84. The van der Waals surface area contributed by atoms with Gasteiger partial charge < -0.3 is 4.74 Å². The lowest BCUT2D eigenvalue weighted by molar-refractivity contribution is 0.0608. The van der Waals surface area contributed by atoms with Gasteiger partial charge in [-0.15, -0.1) is 0 Å². The molecule has 0 bridgehead atoms. The summed E-state index contributed by atoms with van der Waals surface area (Å²) in [6.45, 7) is 3.27. The smallest absolute Gasteiger partial charge is 0.267 e. The summed E-state index contributed by atoms with van der Waals surface area (Å²) in [7, 11) is 0. The van der Waals surface area contributed by atoms with E-state index in [1.807, 2.05) is 0 Å². The molecule has 0 aliphatic carbocycles. The Morgan fingerprint density at radius 1 is 0.905 bits per heavy atom. The van der Waals surface area contributed by atoms with Crippen LogP contribution in [0.5, 0.6) is 5.75 Å². The summed E-state index contributed by atoms with van der Waals surface area (Å²) in [5.41, 5.74) is 0.108. The highest BCUT2D eigenvalue weighted by atomic mass is 19.2. The van der Waals surface area contributed by atoms with E-state index in [0.717, 1.165) is 0 Å². The van der Waals surface area contributed by atoms with Crippen molar-refractivity contribution in [3.05, 3.63) is 64.2 Å². The quantitative estimate of drug-likeness (QED) is 0.445. The van der Waals surface area contributed by atoms with Crippen LogP contribution < -0.4 is 4.74 Å². The van der Waals surface area contributed by atoms with Gasteiger partial charge in [-0.25, -0.2) is 17.6 Å². The zero-order valence-corrected chi connectivity index (χ0v) is 11.2. The predicted octanol–water partition coefficient (Wildman–Crippen LogP) is 4.91. The Balaban J connectivity index is 2.40. The van der Waals surface area contributed by atoms with E-state index < -0.39 is 35.2 Å². The lowest BCUT2D eigenvalue weighted by Gasteiger charge is -2.16. The number of benzene rings is 2. The Morgan fingerprint density at radius 3 is 2.05 bits per heavy atom.